The van der Waals surface area contributed by atoms with Gasteiger partial charge in [0.05, 0.1) is 14.2 Å². The highest BCUT2D eigenvalue weighted by molar-refractivity contribution is 6.31. The summed E-state index contributed by atoms with van der Waals surface area (Å²) in [5.74, 6) is 0.287. The van der Waals surface area contributed by atoms with E-state index in [1.165, 1.54) is 7.11 Å². The third-order valence-corrected chi connectivity index (χ3v) is 5.59. The number of amides is 1. The molecule has 0 spiro atoms. The fraction of sp³-hybridized carbons (Fsp3) is 0.364. The normalized spacial score (nSPS) is 15.7. The maximum atomic E-state index is 12.9. The van der Waals surface area contributed by atoms with E-state index in [0.717, 1.165) is 5.56 Å². The third-order valence-electron chi connectivity index (χ3n) is 5.25. The summed E-state index contributed by atoms with van der Waals surface area (Å²) in [5, 5.41) is 0.521. The molecule has 1 heterocycles. The van der Waals surface area contributed by atoms with Crippen LogP contribution in [0.3, 0.4) is 0 Å². The van der Waals surface area contributed by atoms with Crippen molar-refractivity contribution in [3.05, 3.63) is 64.2 Å². The number of piperazine rings is 1. The molecule has 2 aromatic rings. The fourth-order valence-electron chi connectivity index (χ4n) is 3.60. The zero-order valence-corrected chi connectivity index (χ0v) is 17.6. The summed E-state index contributed by atoms with van der Waals surface area (Å²) in [4.78, 5) is 29.2. The van der Waals surface area contributed by atoms with Crippen LogP contribution in [0.2, 0.25) is 5.02 Å². The lowest BCUT2D eigenvalue weighted by atomic mass is 10.0. The Morgan fingerprint density at radius 1 is 1.03 bits per heavy atom. The van der Waals surface area contributed by atoms with Gasteiger partial charge >= 0.3 is 5.97 Å². The minimum atomic E-state index is -0.592. The number of esters is 1. The number of nitrogens with zero attached hydrogens (tertiary/aromatic N) is 2. The Hall–Kier alpha value is -2.57. The van der Waals surface area contributed by atoms with Crippen molar-refractivity contribution in [3.63, 3.8) is 0 Å². The highest BCUT2D eigenvalue weighted by Gasteiger charge is 2.33. The molecule has 6 nitrogen and oxygen atoms in total. The van der Waals surface area contributed by atoms with Crippen molar-refractivity contribution in [2.75, 3.05) is 40.4 Å². The molecule has 0 radical (unpaired) electrons. The number of benzene rings is 2. The standard InChI is InChI=1S/C22H25ClN2O4/c1-15-8-9-16(14-19(15)28-2)21(26)25-12-10-24(11-13-25)20(22(27)29-3)17-6-4-5-7-18(17)23/h4-9,14,20H,10-13H2,1-3H3. The molecule has 1 atom stereocenters. The van der Waals surface area contributed by atoms with E-state index < -0.39 is 6.04 Å². The minimum Gasteiger partial charge on any atom is -0.496 e. The number of hydrogen-bond donors (Lipinski definition) is 0. The monoisotopic (exact) mass is 416 g/mol. The Kier molecular flexibility index (Phi) is 6.77. The van der Waals surface area contributed by atoms with Gasteiger partial charge in [-0.2, -0.15) is 0 Å². The topological polar surface area (TPSA) is 59.1 Å². The Balaban J connectivity index is 1.73. The lowest BCUT2D eigenvalue weighted by Crippen LogP contribution is -2.51. The quantitative estimate of drug-likeness (QED) is 0.700. The zero-order valence-electron chi connectivity index (χ0n) is 16.9. The van der Waals surface area contributed by atoms with Crippen molar-refractivity contribution < 1.29 is 19.1 Å². The molecule has 0 saturated carbocycles. The van der Waals surface area contributed by atoms with E-state index in [9.17, 15) is 9.59 Å². The van der Waals surface area contributed by atoms with E-state index in [1.54, 1.807) is 24.1 Å². The molecule has 0 aromatic heterocycles. The van der Waals surface area contributed by atoms with Gasteiger partial charge in [-0.25, -0.2) is 4.79 Å². The van der Waals surface area contributed by atoms with Gasteiger partial charge < -0.3 is 14.4 Å². The van der Waals surface area contributed by atoms with Crippen LogP contribution in [0.1, 0.15) is 27.5 Å². The molecular weight excluding hydrogens is 392 g/mol. The first-order valence-electron chi connectivity index (χ1n) is 9.46. The number of carbonyl (C=O) groups is 2. The maximum Gasteiger partial charge on any atom is 0.327 e. The molecular formula is C22H25ClN2O4. The van der Waals surface area contributed by atoms with Crippen LogP contribution in [-0.2, 0) is 9.53 Å². The second-order valence-corrected chi connectivity index (χ2v) is 7.37. The summed E-state index contributed by atoms with van der Waals surface area (Å²) in [6, 6.07) is 12.1. The molecule has 1 saturated heterocycles. The van der Waals surface area contributed by atoms with E-state index in [-0.39, 0.29) is 11.9 Å². The molecule has 7 heteroatoms. The molecule has 3 rings (SSSR count). The maximum absolute atomic E-state index is 12.9. The average Bonchev–Trinajstić information content (AvgIpc) is 2.75. The number of methoxy groups -OCH3 is 2. The van der Waals surface area contributed by atoms with Crippen molar-refractivity contribution in [2.45, 2.75) is 13.0 Å². The lowest BCUT2D eigenvalue weighted by molar-refractivity contribution is -0.148. The molecule has 1 aliphatic rings. The van der Waals surface area contributed by atoms with E-state index in [4.69, 9.17) is 21.1 Å². The van der Waals surface area contributed by atoms with Gasteiger partial charge in [-0.1, -0.05) is 35.9 Å². The molecule has 0 bridgehead atoms. The van der Waals surface area contributed by atoms with E-state index in [1.807, 2.05) is 42.2 Å². The Morgan fingerprint density at radius 3 is 2.34 bits per heavy atom. The van der Waals surface area contributed by atoms with Gasteiger partial charge in [-0.3, -0.25) is 9.69 Å². The van der Waals surface area contributed by atoms with Crippen LogP contribution in [0, 0.1) is 6.92 Å². The molecule has 29 heavy (non-hydrogen) atoms. The molecule has 1 fully saturated rings. The molecule has 1 unspecified atom stereocenters. The highest BCUT2D eigenvalue weighted by Crippen LogP contribution is 2.30. The van der Waals surface area contributed by atoms with Gasteiger partial charge in [-0.15, -0.1) is 0 Å². The Morgan fingerprint density at radius 2 is 1.72 bits per heavy atom. The molecule has 154 valence electrons. The first-order chi connectivity index (χ1) is 14.0. The molecule has 0 aliphatic carbocycles. The first-order valence-corrected chi connectivity index (χ1v) is 9.84. The number of rotatable bonds is 5. The molecule has 0 N–H and O–H groups in total. The molecule has 2 aromatic carbocycles. The van der Waals surface area contributed by atoms with Gasteiger partial charge in [-0.05, 0) is 36.2 Å². The van der Waals surface area contributed by atoms with Gasteiger partial charge in [0.2, 0.25) is 0 Å². The number of hydrogen-bond acceptors (Lipinski definition) is 5. The number of aryl methyl sites for hydroxylation is 1. The number of carbonyl (C=O) groups excluding carboxylic acids is 2. The summed E-state index contributed by atoms with van der Waals surface area (Å²) in [5.41, 5.74) is 2.29. The van der Waals surface area contributed by atoms with Crippen molar-refractivity contribution in [3.8, 4) is 5.75 Å². The Bertz CT molecular complexity index is 894. The van der Waals surface area contributed by atoms with Gasteiger partial charge in [0.15, 0.2) is 0 Å². The van der Waals surface area contributed by atoms with Crippen molar-refractivity contribution in [2.24, 2.45) is 0 Å². The van der Waals surface area contributed by atoms with E-state index >= 15 is 0 Å². The smallest absolute Gasteiger partial charge is 0.327 e. The lowest BCUT2D eigenvalue weighted by Gasteiger charge is -2.38. The second kappa shape index (κ2) is 9.29. The summed E-state index contributed by atoms with van der Waals surface area (Å²) in [6.07, 6.45) is 0. The Labute approximate surface area is 176 Å². The fourth-order valence-corrected chi connectivity index (χ4v) is 3.84. The average molecular weight is 417 g/mol. The summed E-state index contributed by atoms with van der Waals surface area (Å²) in [7, 11) is 2.97. The second-order valence-electron chi connectivity index (χ2n) is 6.96. The predicted molar refractivity (Wildman–Crippen MR) is 111 cm³/mol. The number of ether oxygens (including phenoxy) is 2. The largest absolute Gasteiger partial charge is 0.496 e. The van der Waals surface area contributed by atoms with Crippen LogP contribution in [0.4, 0.5) is 0 Å². The van der Waals surface area contributed by atoms with Crippen LogP contribution in [0.5, 0.6) is 5.75 Å². The summed E-state index contributed by atoms with van der Waals surface area (Å²) in [6.45, 7) is 4.03. The zero-order chi connectivity index (χ0) is 21.0. The summed E-state index contributed by atoms with van der Waals surface area (Å²) >= 11 is 6.33. The number of halogens is 1. The van der Waals surface area contributed by atoms with Crippen LogP contribution in [-0.4, -0.2) is 62.1 Å². The van der Waals surface area contributed by atoms with E-state index in [0.29, 0.717) is 48.1 Å². The van der Waals surface area contributed by atoms with Crippen molar-refractivity contribution >= 4 is 23.5 Å². The van der Waals surface area contributed by atoms with Gasteiger partial charge in [0, 0.05) is 36.8 Å². The molecule has 1 aliphatic heterocycles. The third kappa shape index (κ3) is 4.54. The first kappa shape index (κ1) is 21.1. The van der Waals surface area contributed by atoms with Crippen molar-refractivity contribution in [1.29, 1.82) is 0 Å². The predicted octanol–water partition coefficient (Wildman–Crippen LogP) is 3.33. The van der Waals surface area contributed by atoms with Gasteiger partial charge in [0.1, 0.15) is 11.8 Å². The van der Waals surface area contributed by atoms with Crippen LogP contribution >= 0.6 is 11.6 Å². The van der Waals surface area contributed by atoms with Crippen LogP contribution < -0.4 is 4.74 Å². The highest BCUT2D eigenvalue weighted by atomic mass is 35.5. The summed E-state index contributed by atoms with van der Waals surface area (Å²) < 4.78 is 10.3. The SMILES string of the molecule is COC(=O)C(c1ccccc1Cl)N1CCN(C(=O)c2ccc(C)c(OC)c2)CC1. The van der Waals surface area contributed by atoms with Crippen molar-refractivity contribution in [1.82, 2.24) is 9.80 Å². The van der Waals surface area contributed by atoms with Crippen LogP contribution in [0.25, 0.3) is 0 Å². The van der Waals surface area contributed by atoms with Crippen LogP contribution in [0.15, 0.2) is 42.5 Å². The molecule has 1 amide bonds. The van der Waals surface area contributed by atoms with Gasteiger partial charge in [0.25, 0.3) is 5.91 Å². The van der Waals surface area contributed by atoms with E-state index in [2.05, 4.69) is 0 Å². The minimum absolute atomic E-state index is 0.0460.